The van der Waals surface area contributed by atoms with Crippen molar-refractivity contribution in [2.45, 2.75) is 38.8 Å². The van der Waals surface area contributed by atoms with E-state index in [0.29, 0.717) is 6.54 Å². The lowest BCUT2D eigenvalue weighted by molar-refractivity contribution is -0.138. The topological polar surface area (TPSA) is 60.8 Å². The molecule has 0 aliphatic carbocycles. The fraction of sp³-hybridized carbons (Fsp3) is 0.533. The summed E-state index contributed by atoms with van der Waals surface area (Å²) in [4.78, 5) is 12.9. The number of hydrogen-bond donors (Lipinski definition) is 2. The number of carboxylic acid groups (broad SMARTS) is 1. The van der Waals surface area contributed by atoms with Crippen LogP contribution in [0.1, 0.15) is 37.8 Å². The fourth-order valence-corrected chi connectivity index (χ4v) is 2.08. The molecule has 19 heavy (non-hydrogen) atoms. The minimum Gasteiger partial charge on any atom is -0.481 e. The van der Waals surface area contributed by atoms with Gasteiger partial charge in [0.15, 0.2) is 0 Å². The molecular formula is C15H23NO3. The average molecular weight is 265 g/mol. The summed E-state index contributed by atoms with van der Waals surface area (Å²) in [5, 5.41) is 18.7. The molecule has 1 unspecified atom stereocenters. The molecule has 0 aliphatic rings. The van der Waals surface area contributed by atoms with E-state index in [1.165, 1.54) is 0 Å². The summed E-state index contributed by atoms with van der Waals surface area (Å²) in [6.07, 6.45) is 0. The molecule has 4 heteroatoms. The van der Waals surface area contributed by atoms with Crippen LogP contribution < -0.4 is 0 Å². The molecule has 0 aromatic heterocycles. The molecule has 0 spiro atoms. The lowest BCUT2D eigenvalue weighted by Crippen LogP contribution is -2.35. The van der Waals surface area contributed by atoms with Crippen molar-refractivity contribution >= 4 is 5.97 Å². The van der Waals surface area contributed by atoms with Crippen molar-refractivity contribution in [3.8, 4) is 0 Å². The zero-order valence-corrected chi connectivity index (χ0v) is 12.1. The van der Waals surface area contributed by atoms with Gasteiger partial charge >= 0.3 is 5.97 Å². The molecule has 0 amide bonds. The van der Waals surface area contributed by atoms with Gasteiger partial charge in [-0.2, -0.15) is 0 Å². The number of hydrogen-bond acceptors (Lipinski definition) is 3. The molecule has 0 fully saturated rings. The molecule has 1 aromatic rings. The number of likely N-dealkylation sites (N-methyl/N-ethyl adjacent to an activating group) is 1. The summed E-state index contributed by atoms with van der Waals surface area (Å²) < 4.78 is 0. The Bertz CT molecular complexity index is 420. The maximum Gasteiger partial charge on any atom is 0.310 e. The minimum absolute atomic E-state index is 0.483. The van der Waals surface area contributed by atoms with Gasteiger partial charge in [-0.15, -0.1) is 0 Å². The lowest BCUT2D eigenvalue weighted by atomic mass is 10.00. The third-order valence-electron chi connectivity index (χ3n) is 2.96. The van der Waals surface area contributed by atoms with Crippen molar-refractivity contribution < 1.29 is 15.0 Å². The standard InChI is InChI=1S/C15H23NO3/c1-11(14(17)18)13-7-5-12(6-8-13)9-16(4)10-15(2,3)19/h5-8,11,19H,9-10H2,1-4H3,(H,17,18). The second kappa shape index (κ2) is 6.17. The van der Waals surface area contributed by atoms with E-state index < -0.39 is 17.5 Å². The number of aliphatic hydroxyl groups is 1. The van der Waals surface area contributed by atoms with Crippen molar-refractivity contribution in [2.24, 2.45) is 0 Å². The van der Waals surface area contributed by atoms with Crippen LogP contribution >= 0.6 is 0 Å². The van der Waals surface area contributed by atoms with E-state index >= 15 is 0 Å². The Balaban J connectivity index is 2.64. The molecule has 2 N–H and O–H groups in total. The van der Waals surface area contributed by atoms with Gasteiger partial charge in [-0.25, -0.2) is 0 Å². The largest absolute Gasteiger partial charge is 0.481 e. The van der Waals surface area contributed by atoms with Crippen LogP contribution in [0.15, 0.2) is 24.3 Å². The van der Waals surface area contributed by atoms with Crippen LogP contribution in [0.5, 0.6) is 0 Å². The summed E-state index contributed by atoms with van der Waals surface area (Å²) in [5.74, 6) is -1.30. The SMILES string of the molecule is CC(C(=O)O)c1ccc(CN(C)CC(C)(C)O)cc1. The molecule has 0 saturated heterocycles. The number of nitrogens with zero attached hydrogens (tertiary/aromatic N) is 1. The first-order chi connectivity index (χ1) is 8.69. The number of rotatable bonds is 6. The van der Waals surface area contributed by atoms with E-state index in [2.05, 4.69) is 0 Å². The van der Waals surface area contributed by atoms with Crippen molar-refractivity contribution in [3.05, 3.63) is 35.4 Å². The molecule has 1 rings (SSSR count). The van der Waals surface area contributed by atoms with E-state index in [1.54, 1.807) is 20.8 Å². The van der Waals surface area contributed by atoms with Gasteiger partial charge in [-0.05, 0) is 38.9 Å². The van der Waals surface area contributed by atoms with Crippen molar-refractivity contribution in [1.82, 2.24) is 4.90 Å². The summed E-state index contributed by atoms with van der Waals surface area (Å²) in [5.41, 5.74) is 1.20. The summed E-state index contributed by atoms with van der Waals surface area (Å²) in [6.45, 7) is 6.55. The summed E-state index contributed by atoms with van der Waals surface area (Å²) in [6, 6.07) is 7.59. The first kappa shape index (κ1) is 15.7. The van der Waals surface area contributed by atoms with Gasteiger partial charge in [0.25, 0.3) is 0 Å². The average Bonchev–Trinajstić information content (AvgIpc) is 2.26. The van der Waals surface area contributed by atoms with E-state index in [-0.39, 0.29) is 0 Å². The maximum absolute atomic E-state index is 10.9. The number of carboxylic acids is 1. The van der Waals surface area contributed by atoms with Crippen LogP contribution in [0.4, 0.5) is 0 Å². The Hall–Kier alpha value is -1.39. The van der Waals surface area contributed by atoms with E-state index in [9.17, 15) is 9.90 Å². The number of carbonyl (C=O) groups is 1. The Morgan fingerprint density at radius 1 is 1.32 bits per heavy atom. The highest BCUT2D eigenvalue weighted by molar-refractivity contribution is 5.75. The van der Waals surface area contributed by atoms with Crippen LogP contribution in [0, 0.1) is 0 Å². The third-order valence-corrected chi connectivity index (χ3v) is 2.96. The highest BCUT2D eigenvalue weighted by Gasteiger charge is 2.16. The van der Waals surface area contributed by atoms with Crippen molar-refractivity contribution in [1.29, 1.82) is 0 Å². The Labute approximate surface area is 114 Å². The molecule has 0 saturated carbocycles. The highest BCUT2D eigenvalue weighted by atomic mass is 16.4. The van der Waals surface area contributed by atoms with Crippen LogP contribution in [0.3, 0.4) is 0 Å². The molecule has 1 atom stereocenters. The van der Waals surface area contributed by atoms with Crippen LogP contribution in [-0.2, 0) is 11.3 Å². The van der Waals surface area contributed by atoms with E-state index in [0.717, 1.165) is 17.7 Å². The smallest absolute Gasteiger partial charge is 0.310 e. The predicted octanol–water partition coefficient (Wildman–Crippen LogP) is 2.08. The molecule has 0 heterocycles. The quantitative estimate of drug-likeness (QED) is 0.826. The fourth-order valence-electron chi connectivity index (χ4n) is 2.08. The van der Waals surface area contributed by atoms with E-state index in [4.69, 9.17) is 5.11 Å². The normalized spacial score (nSPS) is 13.6. The maximum atomic E-state index is 10.9. The number of benzene rings is 1. The zero-order chi connectivity index (χ0) is 14.6. The molecule has 1 aromatic carbocycles. The number of aliphatic carboxylic acids is 1. The first-order valence-electron chi connectivity index (χ1n) is 6.41. The molecule has 0 bridgehead atoms. The van der Waals surface area contributed by atoms with Gasteiger partial charge < -0.3 is 10.2 Å². The van der Waals surface area contributed by atoms with E-state index in [1.807, 2.05) is 36.2 Å². The van der Waals surface area contributed by atoms with Crippen LogP contribution in [0.25, 0.3) is 0 Å². The molecule has 4 nitrogen and oxygen atoms in total. The van der Waals surface area contributed by atoms with Gasteiger partial charge in [0.1, 0.15) is 0 Å². The third kappa shape index (κ3) is 5.41. The molecule has 106 valence electrons. The zero-order valence-electron chi connectivity index (χ0n) is 12.1. The highest BCUT2D eigenvalue weighted by Crippen LogP contribution is 2.17. The molecule has 0 aliphatic heterocycles. The van der Waals surface area contributed by atoms with Gasteiger partial charge in [-0.1, -0.05) is 24.3 Å². The Morgan fingerprint density at radius 2 is 1.84 bits per heavy atom. The summed E-state index contributed by atoms with van der Waals surface area (Å²) >= 11 is 0. The second-order valence-corrected chi connectivity index (χ2v) is 5.79. The summed E-state index contributed by atoms with van der Waals surface area (Å²) in [7, 11) is 1.95. The first-order valence-corrected chi connectivity index (χ1v) is 6.41. The monoisotopic (exact) mass is 265 g/mol. The van der Waals surface area contributed by atoms with Crippen LogP contribution in [-0.4, -0.2) is 40.3 Å². The Kier molecular flexibility index (Phi) is 5.09. The van der Waals surface area contributed by atoms with Crippen molar-refractivity contribution in [3.63, 3.8) is 0 Å². The lowest BCUT2D eigenvalue weighted by Gasteiger charge is -2.25. The predicted molar refractivity (Wildman–Crippen MR) is 75.1 cm³/mol. The van der Waals surface area contributed by atoms with Gasteiger partial charge in [-0.3, -0.25) is 9.69 Å². The molecule has 0 radical (unpaired) electrons. The second-order valence-electron chi connectivity index (χ2n) is 5.79. The van der Waals surface area contributed by atoms with Gasteiger partial charge in [0.05, 0.1) is 11.5 Å². The minimum atomic E-state index is -0.813. The van der Waals surface area contributed by atoms with Crippen LogP contribution in [0.2, 0.25) is 0 Å². The van der Waals surface area contributed by atoms with Gasteiger partial charge in [0, 0.05) is 13.1 Å². The van der Waals surface area contributed by atoms with Gasteiger partial charge in [0.2, 0.25) is 0 Å². The Morgan fingerprint density at radius 3 is 2.26 bits per heavy atom. The molecular weight excluding hydrogens is 242 g/mol. The van der Waals surface area contributed by atoms with Crippen molar-refractivity contribution in [2.75, 3.05) is 13.6 Å².